The van der Waals surface area contributed by atoms with Gasteiger partial charge in [-0.2, -0.15) is 0 Å². The van der Waals surface area contributed by atoms with Crippen molar-refractivity contribution < 1.29 is 14.7 Å². The van der Waals surface area contributed by atoms with E-state index in [4.69, 9.17) is 5.11 Å². The fourth-order valence-electron chi connectivity index (χ4n) is 0.971. The summed E-state index contributed by atoms with van der Waals surface area (Å²) < 4.78 is 0. The number of rotatable bonds is 4. The Balaban J connectivity index is 4.49. The zero-order valence-electron chi connectivity index (χ0n) is 9.15. The van der Waals surface area contributed by atoms with Crippen molar-refractivity contribution >= 4 is 12.0 Å². The Morgan fingerprint density at radius 3 is 2.14 bits per heavy atom. The summed E-state index contributed by atoms with van der Waals surface area (Å²) in [6.07, 6.45) is 0. The molecule has 0 aliphatic carbocycles. The summed E-state index contributed by atoms with van der Waals surface area (Å²) in [6.45, 7) is 5.76. The van der Waals surface area contributed by atoms with Crippen molar-refractivity contribution in [2.24, 2.45) is 0 Å². The van der Waals surface area contributed by atoms with Gasteiger partial charge in [0.2, 0.25) is 0 Å². The van der Waals surface area contributed by atoms with Crippen molar-refractivity contribution in [2.75, 3.05) is 20.1 Å². The molecule has 0 saturated heterocycles. The lowest BCUT2D eigenvalue weighted by Crippen LogP contribution is -2.47. The zero-order chi connectivity index (χ0) is 11.3. The Bertz CT molecular complexity index is 216. The van der Waals surface area contributed by atoms with E-state index in [0.717, 1.165) is 0 Å². The Kier molecular flexibility index (Phi) is 4.97. The fraction of sp³-hybridized carbons (Fsp3) is 0.778. The van der Waals surface area contributed by atoms with Gasteiger partial charge < -0.3 is 14.9 Å². The fourth-order valence-corrected chi connectivity index (χ4v) is 0.971. The van der Waals surface area contributed by atoms with E-state index in [1.54, 1.807) is 20.9 Å². The Hall–Kier alpha value is -1.26. The number of amides is 2. The molecule has 0 aromatic carbocycles. The number of urea groups is 1. The van der Waals surface area contributed by atoms with E-state index < -0.39 is 5.97 Å². The molecule has 2 amide bonds. The lowest BCUT2D eigenvalue weighted by atomic mass is 10.3. The molecule has 0 atom stereocenters. The summed E-state index contributed by atoms with van der Waals surface area (Å²) in [5.74, 6) is -0.989. The van der Waals surface area contributed by atoms with Crippen LogP contribution < -0.4 is 0 Å². The summed E-state index contributed by atoms with van der Waals surface area (Å²) in [6, 6.07) is -0.350. The number of aliphatic carboxylic acids is 1. The topological polar surface area (TPSA) is 60.9 Å². The molecule has 0 spiro atoms. The number of carbonyl (C=O) groups excluding carboxylic acids is 1. The van der Waals surface area contributed by atoms with Crippen LogP contribution in [0.15, 0.2) is 0 Å². The number of nitrogens with zero attached hydrogens (tertiary/aromatic N) is 2. The second kappa shape index (κ2) is 5.47. The maximum atomic E-state index is 11.6. The second-order valence-corrected chi connectivity index (χ2v) is 3.41. The minimum Gasteiger partial charge on any atom is -0.480 e. The average Bonchev–Trinajstić information content (AvgIpc) is 2.11. The molecule has 0 bridgehead atoms. The minimum absolute atomic E-state index is 0.104. The molecule has 1 N–H and O–H groups in total. The lowest BCUT2D eigenvalue weighted by Gasteiger charge is -2.29. The number of hydrogen-bond donors (Lipinski definition) is 1. The molecule has 0 aliphatic heterocycles. The van der Waals surface area contributed by atoms with Gasteiger partial charge in [0.25, 0.3) is 0 Å². The molecule has 82 valence electrons. The highest BCUT2D eigenvalue weighted by molar-refractivity contribution is 5.80. The first-order chi connectivity index (χ1) is 6.40. The smallest absolute Gasteiger partial charge is 0.323 e. The van der Waals surface area contributed by atoms with Gasteiger partial charge in [-0.1, -0.05) is 0 Å². The van der Waals surface area contributed by atoms with Gasteiger partial charge in [0.1, 0.15) is 6.54 Å². The molecule has 0 aromatic rings. The first-order valence-electron chi connectivity index (χ1n) is 4.63. The predicted octanol–water partition coefficient (Wildman–Crippen LogP) is 0.853. The van der Waals surface area contributed by atoms with Crippen LogP contribution in [0.4, 0.5) is 4.79 Å². The van der Waals surface area contributed by atoms with Crippen molar-refractivity contribution in [1.29, 1.82) is 0 Å². The molecule has 5 nitrogen and oxygen atoms in total. The van der Waals surface area contributed by atoms with Crippen LogP contribution in [0.1, 0.15) is 20.8 Å². The molecule has 0 unspecified atom stereocenters. The summed E-state index contributed by atoms with van der Waals surface area (Å²) in [4.78, 5) is 25.0. The molecule has 0 rings (SSSR count). The molecular weight excluding hydrogens is 184 g/mol. The van der Waals surface area contributed by atoms with Gasteiger partial charge in [-0.3, -0.25) is 4.79 Å². The van der Waals surface area contributed by atoms with Crippen LogP contribution in [0, 0.1) is 0 Å². The maximum absolute atomic E-state index is 11.6. The van der Waals surface area contributed by atoms with E-state index in [2.05, 4.69) is 0 Å². The van der Waals surface area contributed by atoms with Gasteiger partial charge >= 0.3 is 12.0 Å². The molecule has 0 fully saturated rings. The highest BCUT2D eigenvalue weighted by Gasteiger charge is 2.21. The van der Waals surface area contributed by atoms with Crippen molar-refractivity contribution in [3.8, 4) is 0 Å². The minimum atomic E-state index is -0.989. The molecule has 0 aliphatic rings. The van der Waals surface area contributed by atoms with E-state index in [-0.39, 0.29) is 18.6 Å². The summed E-state index contributed by atoms with van der Waals surface area (Å²) in [5.41, 5.74) is 0. The van der Waals surface area contributed by atoms with Crippen LogP contribution >= 0.6 is 0 Å². The van der Waals surface area contributed by atoms with E-state index in [1.165, 1.54) is 9.80 Å². The first-order valence-corrected chi connectivity index (χ1v) is 4.63. The molecule has 14 heavy (non-hydrogen) atoms. The van der Waals surface area contributed by atoms with Gasteiger partial charge in [-0.25, -0.2) is 4.79 Å². The third-order valence-corrected chi connectivity index (χ3v) is 1.98. The number of carboxylic acids is 1. The first kappa shape index (κ1) is 12.7. The predicted molar refractivity (Wildman–Crippen MR) is 53.2 cm³/mol. The molecule has 0 aromatic heterocycles. The number of carboxylic acid groups (broad SMARTS) is 1. The van der Waals surface area contributed by atoms with Crippen molar-refractivity contribution in [2.45, 2.75) is 26.8 Å². The summed E-state index contributed by atoms with van der Waals surface area (Å²) >= 11 is 0. The van der Waals surface area contributed by atoms with Crippen LogP contribution in [-0.2, 0) is 4.79 Å². The standard InChI is InChI=1S/C9H18N2O3/c1-5-10(4)9(14)11(7(2)3)6-8(12)13/h7H,5-6H2,1-4H3,(H,12,13). The maximum Gasteiger partial charge on any atom is 0.323 e. The Morgan fingerprint density at radius 1 is 1.36 bits per heavy atom. The van der Waals surface area contributed by atoms with Crippen LogP contribution in [0.3, 0.4) is 0 Å². The van der Waals surface area contributed by atoms with Crippen molar-refractivity contribution in [3.05, 3.63) is 0 Å². The molecule has 0 heterocycles. The average molecular weight is 202 g/mol. The summed E-state index contributed by atoms with van der Waals surface area (Å²) in [7, 11) is 1.65. The number of carbonyl (C=O) groups is 2. The largest absolute Gasteiger partial charge is 0.480 e. The monoisotopic (exact) mass is 202 g/mol. The molecule has 5 heteroatoms. The summed E-state index contributed by atoms with van der Waals surface area (Å²) in [5, 5.41) is 8.62. The van der Waals surface area contributed by atoms with Gasteiger partial charge in [-0.15, -0.1) is 0 Å². The third-order valence-electron chi connectivity index (χ3n) is 1.98. The van der Waals surface area contributed by atoms with Gasteiger partial charge in [0, 0.05) is 19.6 Å². The van der Waals surface area contributed by atoms with Gasteiger partial charge in [0.15, 0.2) is 0 Å². The van der Waals surface area contributed by atoms with Gasteiger partial charge in [0.05, 0.1) is 0 Å². The van der Waals surface area contributed by atoms with Crippen LogP contribution in [0.25, 0.3) is 0 Å². The zero-order valence-corrected chi connectivity index (χ0v) is 9.15. The van der Waals surface area contributed by atoms with Crippen molar-refractivity contribution in [1.82, 2.24) is 9.80 Å². The van der Waals surface area contributed by atoms with Crippen LogP contribution in [-0.4, -0.2) is 53.1 Å². The van der Waals surface area contributed by atoms with E-state index in [1.807, 2.05) is 6.92 Å². The van der Waals surface area contributed by atoms with Crippen LogP contribution in [0.2, 0.25) is 0 Å². The van der Waals surface area contributed by atoms with Crippen molar-refractivity contribution in [3.63, 3.8) is 0 Å². The molecular formula is C9H18N2O3. The SMILES string of the molecule is CCN(C)C(=O)N(CC(=O)O)C(C)C. The third kappa shape index (κ3) is 3.64. The molecule has 0 radical (unpaired) electrons. The Morgan fingerprint density at radius 2 is 1.86 bits per heavy atom. The highest BCUT2D eigenvalue weighted by atomic mass is 16.4. The lowest BCUT2D eigenvalue weighted by molar-refractivity contribution is -0.138. The highest BCUT2D eigenvalue weighted by Crippen LogP contribution is 2.02. The second-order valence-electron chi connectivity index (χ2n) is 3.41. The van der Waals surface area contributed by atoms with E-state index in [9.17, 15) is 9.59 Å². The molecule has 0 saturated carbocycles. The van der Waals surface area contributed by atoms with Crippen LogP contribution in [0.5, 0.6) is 0 Å². The Labute approximate surface area is 84.3 Å². The number of hydrogen-bond acceptors (Lipinski definition) is 2. The van der Waals surface area contributed by atoms with E-state index in [0.29, 0.717) is 6.54 Å². The van der Waals surface area contributed by atoms with Gasteiger partial charge in [-0.05, 0) is 20.8 Å². The normalized spacial score (nSPS) is 10.1. The van der Waals surface area contributed by atoms with E-state index >= 15 is 0 Å². The quantitative estimate of drug-likeness (QED) is 0.735.